The zero-order valence-electron chi connectivity index (χ0n) is 11.5. The molecule has 1 unspecified atom stereocenters. The van der Waals surface area contributed by atoms with Gasteiger partial charge in [-0.1, -0.05) is 24.3 Å². The number of benzene rings is 2. The van der Waals surface area contributed by atoms with Crippen molar-refractivity contribution in [2.24, 2.45) is 0 Å². The molecule has 22 heavy (non-hydrogen) atoms. The van der Waals surface area contributed by atoms with E-state index in [1.54, 1.807) is 0 Å². The Balaban J connectivity index is 2.45. The third kappa shape index (κ3) is 3.79. The minimum Gasteiger partial charge on any atom is -0.465 e. The molecule has 0 fully saturated rings. The summed E-state index contributed by atoms with van der Waals surface area (Å²) in [4.78, 5) is 10.9. The molecule has 0 spiro atoms. The van der Waals surface area contributed by atoms with Crippen LogP contribution in [0.1, 0.15) is 17.0 Å². The summed E-state index contributed by atoms with van der Waals surface area (Å²) >= 11 is 0. The molecule has 0 aromatic heterocycles. The van der Waals surface area contributed by atoms with Crippen LogP contribution in [0.4, 0.5) is 13.6 Å². The van der Waals surface area contributed by atoms with E-state index >= 15 is 0 Å². The molecule has 0 saturated heterocycles. The molecule has 0 aliphatic carbocycles. The lowest BCUT2D eigenvalue weighted by Gasteiger charge is -2.26. The summed E-state index contributed by atoms with van der Waals surface area (Å²) < 4.78 is 26.2. The zero-order valence-corrected chi connectivity index (χ0v) is 11.5. The van der Waals surface area contributed by atoms with Crippen LogP contribution < -0.4 is 5.32 Å². The largest absolute Gasteiger partial charge is 0.465 e. The van der Waals surface area contributed by atoms with Crippen LogP contribution in [0.2, 0.25) is 0 Å². The second-order valence-corrected chi connectivity index (χ2v) is 4.82. The van der Waals surface area contributed by atoms with Gasteiger partial charge in [0.15, 0.2) is 0 Å². The molecular weight excluding hydrogens is 292 g/mol. The molecule has 2 rings (SSSR count). The summed E-state index contributed by atoms with van der Waals surface area (Å²) in [5.41, 5.74) is 1.22. The quantitative estimate of drug-likeness (QED) is 0.795. The van der Waals surface area contributed by atoms with Crippen LogP contribution >= 0.6 is 0 Å². The van der Waals surface area contributed by atoms with Gasteiger partial charge in [0.2, 0.25) is 0 Å². The lowest BCUT2D eigenvalue weighted by molar-refractivity contribution is 0.174. The summed E-state index contributed by atoms with van der Waals surface area (Å²) in [7, 11) is 0. The van der Waals surface area contributed by atoms with Gasteiger partial charge < -0.3 is 15.5 Å². The van der Waals surface area contributed by atoms with Crippen molar-refractivity contribution in [2.45, 2.75) is 12.0 Å². The monoisotopic (exact) mass is 307 g/mol. The van der Waals surface area contributed by atoms with Crippen molar-refractivity contribution in [3.05, 3.63) is 71.3 Å². The molecule has 2 aromatic carbocycles. The highest BCUT2D eigenvalue weighted by molar-refractivity contribution is 5.65. The fraction of sp³-hybridized carbons (Fsp3) is 0.188. The normalized spacial score (nSPS) is 12.2. The van der Waals surface area contributed by atoms with E-state index in [4.69, 9.17) is 5.11 Å². The van der Waals surface area contributed by atoms with Gasteiger partial charge in [-0.2, -0.15) is 0 Å². The second kappa shape index (κ2) is 7.00. The number of carboxylic acid groups (broad SMARTS) is 1. The van der Waals surface area contributed by atoms with E-state index < -0.39 is 36.3 Å². The molecule has 4 nitrogen and oxygen atoms in total. The SMILES string of the molecule is O=C(O)NC(CO)C(c1ccc(F)cc1)c1ccc(F)cc1. The number of nitrogens with one attached hydrogen (secondary N) is 1. The fourth-order valence-corrected chi connectivity index (χ4v) is 2.39. The van der Waals surface area contributed by atoms with Crippen molar-refractivity contribution in [2.75, 3.05) is 6.61 Å². The predicted octanol–water partition coefficient (Wildman–Crippen LogP) is 2.73. The van der Waals surface area contributed by atoms with Gasteiger partial charge in [0.1, 0.15) is 11.6 Å². The Kier molecular flexibility index (Phi) is 5.06. The molecule has 1 atom stereocenters. The third-order valence-corrected chi connectivity index (χ3v) is 3.37. The van der Waals surface area contributed by atoms with Crippen LogP contribution in [0, 0.1) is 11.6 Å². The highest BCUT2D eigenvalue weighted by Gasteiger charge is 2.26. The third-order valence-electron chi connectivity index (χ3n) is 3.37. The lowest BCUT2D eigenvalue weighted by atomic mass is 9.85. The van der Waals surface area contributed by atoms with Crippen LogP contribution in [0.3, 0.4) is 0 Å². The van der Waals surface area contributed by atoms with Crippen molar-refractivity contribution in [3.63, 3.8) is 0 Å². The highest BCUT2D eigenvalue weighted by atomic mass is 19.1. The van der Waals surface area contributed by atoms with Crippen LogP contribution in [-0.4, -0.2) is 29.0 Å². The Morgan fingerprint density at radius 1 is 0.955 bits per heavy atom. The first-order chi connectivity index (χ1) is 10.5. The van der Waals surface area contributed by atoms with E-state index in [1.807, 2.05) is 0 Å². The second-order valence-electron chi connectivity index (χ2n) is 4.82. The molecule has 1 amide bonds. The van der Waals surface area contributed by atoms with Gasteiger partial charge in [-0.25, -0.2) is 13.6 Å². The van der Waals surface area contributed by atoms with Crippen molar-refractivity contribution in [1.29, 1.82) is 0 Å². The Hall–Kier alpha value is -2.47. The van der Waals surface area contributed by atoms with Crippen molar-refractivity contribution in [3.8, 4) is 0 Å². The highest BCUT2D eigenvalue weighted by Crippen LogP contribution is 2.28. The number of aliphatic hydroxyl groups is 1. The Morgan fingerprint density at radius 3 is 1.68 bits per heavy atom. The molecule has 3 N–H and O–H groups in total. The standard InChI is InChI=1S/C16H15F2NO3/c17-12-5-1-10(2-6-12)15(14(9-20)19-16(21)22)11-3-7-13(18)8-4-11/h1-8,14-15,19-20H,9H2,(H,21,22). The molecule has 2 aromatic rings. The minimum absolute atomic E-state index is 0.423. The van der Waals surface area contributed by atoms with Crippen molar-refractivity contribution >= 4 is 6.09 Å². The van der Waals surface area contributed by atoms with Gasteiger partial charge >= 0.3 is 6.09 Å². The van der Waals surface area contributed by atoms with E-state index in [1.165, 1.54) is 48.5 Å². The van der Waals surface area contributed by atoms with Crippen molar-refractivity contribution in [1.82, 2.24) is 5.32 Å². The van der Waals surface area contributed by atoms with Gasteiger partial charge in [0.25, 0.3) is 0 Å². The van der Waals surface area contributed by atoms with Gasteiger partial charge in [-0.3, -0.25) is 0 Å². The number of rotatable bonds is 5. The Bertz CT molecular complexity index is 583. The minimum atomic E-state index is -1.28. The maximum Gasteiger partial charge on any atom is 0.404 e. The number of hydrogen-bond donors (Lipinski definition) is 3. The van der Waals surface area contributed by atoms with Crippen LogP contribution in [0.15, 0.2) is 48.5 Å². The molecule has 116 valence electrons. The smallest absolute Gasteiger partial charge is 0.404 e. The average molecular weight is 307 g/mol. The summed E-state index contributed by atoms with van der Waals surface area (Å²) in [6.45, 7) is -0.453. The molecule has 0 saturated carbocycles. The van der Waals surface area contributed by atoms with Gasteiger partial charge in [0.05, 0.1) is 12.6 Å². The summed E-state index contributed by atoms with van der Waals surface area (Å²) in [5.74, 6) is -1.41. The van der Waals surface area contributed by atoms with Crippen molar-refractivity contribution < 1.29 is 23.8 Å². The maximum atomic E-state index is 13.1. The zero-order chi connectivity index (χ0) is 16.1. The molecular formula is C16H15F2NO3. The molecule has 6 heteroatoms. The summed E-state index contributed by atoms with van der Waals surface area (Å²) in [5, 5.41) is 20.6. The topological polar surface area (TPSA) is 69.6 Å². The predicted molar refractivity (Wildman–Crippen MR) is 76.7 cm³/mol. The molecule has 0 bridgehead atoms. The van der Waals surface area contributed by atoms with Crippen LogP contribution in [0.25, 0.3) is 0 Å². The van der Waals surface area contributed by atoms with E-state index in [0.29, 0.717) is 11.1 Å². The van der Waals surface area contributed by atoms with E-state index in [-0.39, 0.29) is 0 Å². The first kappa shape index (κ1) is 15.9. The van der Waals surface area contributed by atoms with Crippen LogP contribution in [0.5, 0.6) is 0 Å². The summed E-state index contributed by atoms with van der Waals surface area (Å²) in [6, 6.07) is 10.2. The van der Waals surface area contributed by atoms with Crippen LogP contribution in [-0.2, 0) is 0 Å². The first-order valence-corrected chi connectivity index (χ1v) is 6.62. The number of halogens is 2. The number of amides is 1. The Morgan fingerprint density at radius 2 is 1.36 bits per heavy atom. The fourth-order valence-electron chi connectivity index (χ4n) is 2.39. The number of carbonyl (C=O) groups is 1. The summed E-state index contributed by atoms with van der Waals surface area (Å²) in [6.07, 6.45) is -1.28. The number of hydrogen-bond acceptors (Lipinski definition) is 2. The van der Waals surface area contributed by atoms with Gasteiger partial charge in [0, 0.05) is 5.92 Å². The average Bonchev–Trinajstić information content (AvgIpc) is 2.49. The van der Waals surface area contributed by atoms with Gasteiger partial charge in [-0.05, 0) is 35.4 Å². The molecule has 0 aliphatic heterocycles. The lowest BCUT2D eigenvalue weighted by Crippen LogP contribution is -2.41. The molecule has 0 radical (unpaired) electrons. The molecule has 0 aliphatic rings. The maximum absolute atomic E-state index is 13.1. The molecule has 0 heterocycles. The van der Waals surface area contributed by atoms with E-state index in [2.05, 4.69) is 5.32 Å². The number of aliphatic hydroxyl groups excluding tert-OH is 1. The van der Waals surface area contributed by atoms with Gasteiger partial charge in [-0.15, -0.1) is 0 Å². The van der Waals surface area contributed by atoms with E-state index in [0.717, 1.165) is 0 Å². The van der Waals surface area contributed by atoms with E-state index in [9.17, 15) is 18.7 Å². The Labute approximate surface area is 126 Å². The first-order valence-electron chi connectivity index (χ1n) is 6.62.